The number of alkyl halides is 1. The normalized spacial score (nSPS) is 13.7. The summed E-state index contributed by atoms with van der Waals surface area (Å²) in [7, 11) is 1.28. The lowest BCUT2D eigenvalue weighted by Gasteiger charge is -2.25. The van der Waals surface area contributed by atoms with Gasteiger partial charge in [0.15, 0.2) is 0 Å². The molecule has 0 saturated carbocycles. The Hall–Kier alpha value is -1.60. The fourth-order valence-electron chi connectivity index (χ4n) is 1.81. The number of halogens is 1. The first-order chi connectivity index (χ1) is 11.2. The lowest BCUT2D eigenvalue weighted by atomic mass is 10.2. The standard InChI is InChI=1S/C17H24BrNO5/c1-17(2,3)24-16(21)19-13(14(18)15(20)22-4)11-23-10-12-8-6-5-7-9-12/h5-9,13-14H,10-11H2,1-4H3,(H,19,21)/t13-,14+/m0/s1. The maximum absolute atomic E-state index is 12.0. The molecule has 0 aliphatic rings. The monoisotopic (exact) mass is 401 g/mol. The summed E-state index contributed by atoms with van der Waals surface area (Å²) >= 11 is 3.24. The van der Waals surface area contributed by atoms with Crippen molar-refractivity contribution in [3.8, 4) is 0 Å². The summed E-state index contributed by atoms with van der Waals surface area (Å²) in [5.41, 5.74) is 0.366. The number of ether oxygens (including phenoxy) is 3. The van der Waals surface area contributed by atoms with Gasteiger partial charge in [0.1, 0.15) is 10.4 Å². The molecule has 1 rings (SSSR count). The van der Waals surface area contributed by atoms with Crippen LogP contribution in [0, 0.1) is 0 Å². The van der Waals surface area contributed by atoms with Gasteiger partial charge in [-0.25, -0.2) is 4.79 Å². The molecule has 0 saturated heterocycles. The van der Waals surface area contributed by atoms with E-state index in [2.05, 4.69) is 21.2 Å². The number of benzene rings is 1. The molecule has 0 fully saturated rings. The number of carbonyl (C=O) groups is 2. The molecule has 134 valence electrons. The van der Waals surface area contributed by atoms with Gasteiger partial charge < -0.3 is 19.5 Å². The predicted octanol–water partition coefficient (Wildman–Crippen LogP) is 3.03. The molecular weight excluding hydrogens is 378 g/mol. The van der Waals surface area contributed by atoms with Gasteiger partial charge in [-0.15, -0.1) is 0 Å². The number of carbonyl (C=O) groups excluding carboxylic acids is 2. The number of nitrogens with one attached hydrogen (secondary N) is 1. The molecule has 0 unspecified atom stereocenters. The second kappa shape index (κ2) is 9.64. The molecule has 7 heteroatoms. The molecule has 1 N–H and O–H groups in total. The molecule has 1 aromatic carbocycles. The minimum atomic E-state index is -0.745. The Balaban J connectivity index is 2.63. The van der Waals surface area contributed by atoms with Gasteiger partial charge in [-0.05, 0) is 26.3 Å². The summed E-state index contributed by atoms with van der Waals surface area (Å²) in [6.45, 7) is 5.78. The van der Waals surface area contributed by atoms with E-state index in [1.54, 1.807) is 20.8 Å². The fourth-order valence-corrected chi connectivity index (χ4v) is 2.28. The van der Waals surface area contributed by atoms with Crippen molar-refractivity contribution in [3.05, 3.63) is 35.9 Å². The highest BCUT2D eigenvalue weighted by molar-refractivity contribution is 9.10. The first-order valence-corrected chi connectivity index (χ1v) is 8.47. The number of hydrogen-bond donors (Lipinski definition) is 1. The fraction of sp³-hybridized carbons (Fsp3) is 0.529. The smallest absolute Gasteiger partial charge is 0.408 e. The highest BCUT2D eigenvalue weighted by Crippen LogP contribution is 2.12. The molecule has 0 aromatic heterocycles. The van der Waals surface area contributed by atoms with E-state index < -0.39 is 28.5 Å². The second-order valence-electron chi connectivity index (χ2n) is 6.18. The van der Waals surface area contributed by atoms with Gasteiger partial charge in [-0.3, -0.25) is 4.79 Å². The summed E-state index contributed by atoms with van der Waals surface area (Å²) in [6, 6.07) is 8.98. The summed E-state index contributed by atoms with van der Waals surface area (Å²) in [5, 5.41) is 2.64. The van der Waals surface area contributed by atoms with Crippen LogP contribution in [0.5, 0.6) is 0 Å². The second-order valence-corrected chi connectivity index (χ2v) is 7.16. The highest BCUT2D eigenvalue weighted by Gasteiger charge is 2.30. The Labute approximate surface area is 151 Å². The zero-order valence-corrected chi connectivity index (χ0v) is 16.0. The zero-order valence-electron chi connectivity index (χ0n) is 14.4. The van der Waals surface area contributed by atoms with E-state index in [0.717, 1.165) is 5.56 Å². The molecule has 0 radical (unpaired) electrons. The quantitative estimate of drug-likeness (QED) is 0.561. The van der Waals surface area contributed by atoms with Crippen LogP contribution < -0.4 is 5.32 Å². The highest BCUT2D eigenvalue weighted by atomic mass is 79.9. The lowest BCUT2D eigenvalue weighted by Crippen LogP contribution is -2.48. The van der Waals surface area contributed by atoms with Crippen molar-refractivity contribution < 1.29 is 23.8 Å². The van der Waals surface area contributed by atoms with Crippen molar-refractivity contribution in [2.24, 2.45) is 0 Å². The summed E-state index contributed by atoms with van der Waals surface area (Å²) in [5.74, 6) is -0.501. The van der Waals surface area contributed by atoms with E-state index >= 15 is 0 Å². The van der Waals surface area contributed by atoms with E-state index in [1.807, 2.05) is 30.3 Å². The van der Waals surface area contributed by atoms with Gasteiger partial charge >= 0.3 is 12.1 Å². The minimum absolute atomic E-state index is 0.124. The maximum atomic E-state index is 12.0. The zero-order chi connectivity index (χ0) is 18.2. The topological polar surface area (TPSA) is 73.9 Å². The average molecular weight is 402 g/mol. The van der Waals surface area contributed by atoms with Crippen LogP contribution in [0.15, 0.2) is 30.3 Å². The number of alkyl carbamates (subject to hydrolysis) is 1. The summed E-state index contributed by atoms with van der Waals surface area (Å²) in [6.07, 6.45) is -0.621. The van der Waals surface area contributed by atoms with Crippen molar-refractivity contribution in [1.29, 1.82) is 0 Å². The number of amides is 1. The maximum Gasteiger partial charge on any atom is 0.408 e. The SMILES string of the molecule is COC(=O)[C@H](Br)[C@H](COCc1ccccc1)NC(=O)OC(C)(C)C. The van der Waals surface area contributed by atoms with E-state index in [0.29, 0.717) is 6.61 Å². The number of hydrogen-bond acceptors (Lipinski definition) is 5. The number of methoxy groups -OCH3 is 1. The molecule has 2 atom stereocenters. The molecule has 24 heavy (non-hydrogen) atoms. The van der Waals surface area contributed by atoms with Crippen molar-refractivity contribution in [3.63, 3.8) is 0 Å². The Morgan fingerprint density at radius 3 is 2.38 bits per heavy atom. The Morgan fingerprint density at radius 2 is 1.83 bits per heavy atom. The van der Waals surface area contributed by atoms with E-state index in [9.17, 15) is 9.59 Å². The third-order valence-electron chi connectivity index (χ3n) is 2.89. The van der Waals surface area contributed by atoms with Gasteiger partial charge in [0.05, 0.1) is 26.4 Å². The minimum Gasteiger partial charge on any atom is -0.468 e. The van der Waals surface area contributed by atoms with Gasteiger partial charge in [-0.2, -0.15) is 0 Å². The molecule has 0 spiro atoms. The Morgan fingerprint density at radius 1 is 1.21 bits per heavy atom. The van der Waals surface area contributed by atoms with Crippen LogP contribution in [0.4, 0.5) is 4.79 Å². The average Bonchev–Trinajstić information content (AvgIpc) is 2.51. The van der Waals surface area contributed by atoms with E-state index in [-0.39, 0.29) is 6.61 Å². The van der Waals surface area contributed by atoms with Gasteiger partial charge in [0, 0.05) is 0 Å². The molecule has 1 amide bonds. The lowest BCUT2D eigenvalue weighted by molar-refractivity contribution is -0.140. The van der Waals surface area contributed by atoms with Gasteiger partial charge in [0.25, 0.3) is 0 Å². The molecule has 0 aliphatic carbocycles. The predicted molar refractivity (Wildman–Crippen MR) is 94.0 cm³/mol. The van der Waals surface area contributed by atoms with Gasteiger partial charge in [0.2, 0.25) is 0 Å². The summed E-state index contributed by atoms with van der Waals surface area (Å²) in [4.78, 5) is 22.9. The Kier molecular flexibility index (Phi) is 8.21. The van der Waals surface area contributed by atoms with Crippen LogP contribution in [-0.4, -0.2) is 42.2 Å². The number of esters is 1. The molecule has 0 bridgehead atoms. The molecular formula is C17H24BrNO5. The van der Waals surface area contributed by atoms with Crippen molar-refractivity contribution in [2.45, 2.75) is 43.8 Å². The molecule has 6 nitrogen and oxygen atoms in total. The third-order valence-corrected chi connectivity index (χ3v) is 3.90. The van der Waals surface area contributed by atoms with Crippen LogP contribution in [-0.2, 0) is 25.6 Å². The van der Waals surface area contributed by atoms with Gasteiger partial charge in [-0.1, -0.05) is 46.3 Å². The molecule has 0 aliphatic heterocycles. The van der Waals surface area contributed by atoms with Crippen LogP contribution in [0.25, 0.3) is 0 Å². The van der Waals surface area contributed by atoms with Crippen LogP contribution >= 0.6 is 15.9 Å². The largest absolute Gasteiger partial charge is 0.468 e. The van der Waals surface area contributed by atoms with Crippen molar-refractivity contribution >= 4 is 28.0 Å². The van der Waals surface area contributed by atoms with Crippen molar-refractivity contribution in [2.75, 3.05) is 13.7 Å². The van der Waals surface area contributed by atoms with Crippen LogP contribution in [0.1, 0.15) is 26.3 Å². The third kappa shape index (κ3) is 7.79. The number of rotatable bonds is 7. The van der Waals surface area contributed by atoms with Crippen LogP contribution in [0.2, 0.25) is 0 Å². The summed E-state index contributed by atoms with van der Waals surface area (Å²) < 4.78 is 15.5. The van der Waals surface area contributed by atoms with Crippen molar-refractivity contribution in [1.82, 2.24) is 5.32 Å². The Bertz CT molecular complexity index is 530. The van der Waals surface area contributed by atoms with Crippen LogP contribution in [0.3, 0.4) is 0 Å². The van der Waals surface area contributed by atoms with E-state index in [4.69, 9.17) is 14.2 Å². The molecule has 0 heterocycles. The van der Waals surface area contributed by atoms with E-state index in [1.165, 1.54) is 7.11 Å². The molecule has 1 aromatic rings. The first kappa shape index (κ1) is 20.4. The first-order valence-electron chi connectivity index (χ1n) is 7.56.